The molecule has 0 amide bonds. The van der Waals surface area contributed by atoms with E-state index in [4.69, 9.17) is 0 Å². The van der Waals surface area contributed by atoms with Crippen molar-refractivity contribution < 1.29 is 0 Å². The zero-order valence-corrected chi connectivity index (χ0v) is 9.40. The van der Waals surface area contributed by atoms with Crippen LogP contribution >= 0.6 is 0 Å². The number of hydrogen-bond donors (Lipinski definition) is 3. The van der Waals surface area contributed by atoms with Crippen LogP contribution in [0.25, 0.3) is 0 Å². The zero-order chi connectivity index (χ0) is 11.8. The predicted molar refractivity (Wildman–Crippen MR) is 62.1 cm³/mol. The second-order valence-corrected chi connectivity index (χ2v) is 4.74. The van der Waals surface area contributed by atoms with E-state index < -0.39 is 11.2 Å². The highest BCUT2D eigenvalue weighted by atomic mass is 16.2. The number of aromatic amines is 2. The highest BCUT2D eigenvalue weighted by Crippen LogP contribution is 2.28. The Labute approximate surface area is 97.2 Å². The number of H-pyrrole nitrogens is 2. The minimum absolute atomic E-state index is 0.211. The van der Waals surface area contributed by atoms with Crippen molar-refractivity contribution in [3.63, 3.8) is 0 Å². The summed E-state index contributed by atoms with van der Waals surface area (Å²) in [6, 6.07) is 0.261. The van der Waals surface area contributed by atoms with Gasteiger partial charge in [0.05, 0.1) is 0 Å². The third-order valence-electron chi connectivity index (χ3n) is 3.69. The van der Waals surface area contributed by atoms with Crippen LogP contribution in [-0.4, -0.2) is 45.8 Å². The molecule has 2 bridgehead atoms. The maximum atomic E-state index is 11.5. The standard InChI is InChI=1S/C10H15N5O2/c16-9-8(13-14-10(17)12-9)11-7-5-15-3-1-6(7)2-4-15/h6-7H,1-5H2,(H,11,13)(H2,12,14,16,17). The molecule has 4 heterocycles. The molecule has 0 radical (unpaired) electrons. The second-order valence-electron chi connectivity index (χ2n) is 4.74. The van der Waals surface area contributed by atoms with Crippen LogP contribution < -0.4 is 16.6 Å². The Kier molecular flexibility index (Phi) is 2.47. The summed E-state index contributed by atoms with van der Waals surface area (Å²) >= 11 is 0. The Morgan fingerprint density at radius 2 is 2.06 bits per heavy atom. The van der Waals surface area contributed by atoms with Gasteiger partial charge in [0.2, 0.25) is 5.82 Å². The van der Waals surface area contributed by atoms with Crippen LogP contribution in [0, 0.1) is 5.92 Å². The Bertz CT molecular complexity index is 514. The molecular weight excluding hydrogens is 222 g/mol. The van der Waals surface area contributed by atoms with Crippen LogP contribution in [0.5, 0.6) is 0 Å². The van der Waals surface area contributed by atoms with Crippen molar-refractivity contribution in [2.45, 2.75) is 18.9 Å². The van der Waals surface area contributed by atoms with Crippen LogP contribution in [0.15, 0.2) is 9.59 Å². The molecule has 0 aromatic carbocycles. The number of aromatic nitrogens is 3. The fourth-order valence-corrected chi connectivity index (χ4v) is 2.75. The number of rotatable bonds is 2. The SMILES string of the molecule is O=c1[nH]nc(NC2CN3CCC2CC3)c(=O)[nH]1. The number of hydrogen-bond acceptors (Lipinski definition) is 5. The molecule has 0 saturated carbocycles. The lowest BCUT2D eigenvalue weighted by atomic mass is 9.84. The average molecular weight is 237 g/mol. The number of fused-ring (bicyclic) bond motifs is 3. The minimum Gasteiger partial charge on any atom is -0.360 e. The van der Waals surface area contributed by atoms with Crippen molar-refractivity contribution in [2.24, 2.45) is 5.92 Å². The number of piperidine rings is 3. The van der Waals surface area contributed by atoms with Gasteiger partial charge >= 0.3 is 5.69 Å². The van der Waals surface area contributed by atoms with Crippen molar-refractivity contribution in [2.75, 3.05) is 25.0 Å². The third kappa shape index (κ3) is 1.97. The van der Waals surface area contributed by atoms with E-state index in [1.54, 1.807) is 0 Å². The van der Waals surface area contributed by atoms with Crippen molar-refractivity contribution in [1.82, 2.24) is 20.1 Å². The number of anilines is 1. The molecule has 3 aliphatic rings. The molecule has 3 N–H and O–H groups in total. The van der Waals surface area contributed by atoms with Crippen LogP contribution in [0.4, 0.5) is 5.82 Å². The van der Waals surface area contributed by atoms with Gasteiger partial charge in [0.15, 0.2) is 0 Å². The highest BCUT2D eigenvalue weighted by molar-refractivity contribution is 5.31. The molecule has 3 saturated heterocycles. The quantitative estimate of drug-likeness (QED) is 0.611. The largest absolute Gasteiger partial charge is 0.360 e. The van der Waals surface area contributed by atoms with Crippen LogP contribution in [-0.2, 0) is 0 Å². The lowest BCUT2D eigenvalue weighted by Crippen LogP contribution is -2.54. The summed E-state index contributed by atoms with van der Waals surface area (Å²) in [5.41, 5.74) is -1.03. The summed E-state index contributed by atoms with van der Waals surface area (Å²) in [5, 5.41) is 9.12. The smallest absolute Gasteiger partial charge is 0.342 e. The first-order chi connectivity index (χ1) is 8.22. The molecule has 0 spiro atoms. The van der Waals surface area contributed by atoms with E-state index in [9.17, 15) is 9.59 Å². The summed E-state index contributed by atoms with van der Waals surface area (Å²) in [7, 11) is 0. The second kappa shape index (κ2) is 3.99. The molecule has 1 aromatic heterocycles. The summed E-state index contributed by atoms with van der Waals surface area (Å²) in [5.74, 6) is 0.816. The van der Waals surface area contributed by atoms with E-state index in [1.807, 2.05) is 0 Å². The van der Waals surface area contributed by atoms with E-state index in [0.29, 0.717) is 5.92 Å². The first-order valence-corrected chi connectivity index (χ1v) is 5.90. The van der Waals surface area contributed by atoms with Crippen molar-refractivity contribution in [3.8, 4) is 0 Å². The Morgan fingerprint density at radius 1 is 1.29 bits per heavy atom. The molecule has 0 aliphatic carbocycles. The molecule has 3 aliphatic heterocycles. The van der Waals surface area contributed by atoms with E-state index in [-0.39, 0.29) is 11.9 Å². The van der Waals surface area contributed by atoms with Gasteiger partial charge in [-0.1, -0.05) is 0 Å². The summed E-state index contributed by atoms with van der Waals surface area (Å²) < 4.78 is 0. The van der Waals surface area contributed by atoms with Crippen LogP contribution in [0.3, 0.4) is 0 Å². The fraction of sp³-hybridized carbons (Fsp3) is 0.700. The maximum absolute atomic E-state index is 11.5. The predicted octanol–water partition coefficient (Wildman–Crippen LogP) is -1.04. The van der Waals surface area contributed by atoms with E-state index >= 15 is 0 Å². The van der Waals surface area contributed by atoms with E-state index in [2.05, 4.69) is 25.4 Å². The molecule has 4 rings (SSSR count). The Morgan fingerprint density at radius 3 is 2.65 bits per heavy atom. The lowest BCUT2D eigenvalue weighted by Gasteiger charge is -2.44. The van der Waals surface area contributed by atoms with E-state index in [0.717, 1.165) is 19.6 Å². The lowest BCUT2D eigenvalue weighted by molar-refractivity contribution is 0.0973. The van der Waals surface area contributed by atoms with Gasteiger partial charge in [-0.2, -0.15) is 0 Å². The van der Waals surface area contributed by atoms with Gasteiger partial charge in [-0.05, 0) is 31.8 Å². The van der Waals surface area contributed by atoms with Gasteiger partial charge in [0.25, 0.3) is 5.56 Å². The normalized spacial score (nSPS) is 31.4. The van der Waals surface area contributed by atoms with Gasteiger partial charge in [0, 0.05) is 12.6 Å². The summed E-state index contributed by atoms with van der Waals surface area (Å²) in [6.07, 6.45) is 2.33. The molecule has 1 unspecified atom stereocenters. The number of nitrogens with zero attached hydrogens (tertiary/aromatic N) is 2. The zero-order valence-electron chi connectivity index (χ0n) is 9.40. The first kappa shape index (κ1) is 10.5. The molecular formula is C10H15N5O2. The van der Waals surface area contributed by atoms with Gasteiger partial charge in [-0.25, -0.2) is 9.89 Å². The highest BCUT2D eigenvalue weighted by Gasteiger charge is 2.34. The van der Waals surface area contributed by atoms with Gasteiger partial charge in [0.1, 0.15) is 0 Å². The molecule has 17 heavy (non-hydrogen) atoms. The summed E-state index contributed by atoms with van der Waals surface area (Å²) in [4.78, 5) is 26.9. The van der Waals surface area contributed by atoms with E-state index in [1.165, 1.54) is 12.8 Å². The van der Waals surface area contributed by atoms with Crippen LogP contribution in [0.2, 0.25) is 0 Å². The fourth-order valence-electron chi connectivity index (χ4n) is 2.75. The molecule has 3 fully saturated rings. The molecule has 1 aromatic rings. The van der Waals surface area contributed by atoms with Gasteiger partial charge in [-0.15, -0.1) is 5.10 Å². The topological polar surface area (TPSA) is 93.9 Å². The Balaban J connectivity index is 1.79. The summed E-state index contributed by atoms with van der Waals surface area (Å²) in [6.45, 7) is 3.25. The van der Waals surface area contributed by atoms with Gasteiger partial charge < -0.3 is 10.2 Å². The molecule has 92 valence electrons. The monoisotopic (exact) mass is 237 g/mol. The van der Waals surface area contributed by atoms with Gasteiger partial charge in [-0.3, -0.25) is 9.78 Å². The molecule has 7 heteroatoms. The van der Waals surface area contributed by atoms with Crippen LogP contribution in [0.1, 0.15) is 12.8 Å². The Hall–Kier alpha value is -1.63. The van der Waals surface area contributed by atoms with Crippen molar-refractivity contribution >= 4 is 5.82 Å². The van der Waals surface area contributed by atoms with Crippen molar-refractivity contribution in [1.29, 1.82) is 0 Å². The third-order valence-corrected chi connectivity index (χ3v) is 3.69. The minimum atomic E-state index is -0.575. The maximum Gasteiger partial charge on any atom is 0.342 e. The molecule has 1 atom stereocenters. The molecule has 7 nitrogen and oxygen atoms in total. The number of nitrogens with one attached hydrogen (secondary N) is 3. The first-order valence-electron chi connectivity index (χ1n) is 5.90. The average Bonchev–Trinajstić information content (AvgIpc) is 2.34. The van der Waals surface area contributed by atoms with Crippen molar-refractivity contribution in [3.05, 3.63) is 20.8 Å².